The van der Waals surface area contributed by atoms with Crippen molar-refractivity contribution in [3.05, 3.63) is 217 Å². The first-order valence-corrected chi connectivity index (χ1v) is 18.5. The number of aryl methyl sites for hydroxylation is 1. The molecule has 0 N–H and O–H groups in total. The first kappa shape index (κ1) is 32.2. The second-order valence-electron chi connectivity index (χ2n) is 13.7. The molecule has 1 nitrogen and oxygen atoms in total. The van der Waals surface area contributed by atoms with Crippen LogP contribution < -0.4 is 4.90 Å². The van der Waals surface area contributed by atoms with Gasteiger partial charge in [-0.3, -0.25) is 0 Å². The van der Waals surface area contributed by atoms with Crippen LogP contribution in [0.25, 0.3) is 61.7 Å². The molecule has 0 heterocycles. The molecule has 0 spiro atoms. The van der Waals surface area contributed by atoms with Crippen molar-refractivity contribution in [1.82, 2.24) is 0 Å². The van der Waals surface area contributed by atoms with Gasteiger partial charge in [-0.25, -0.2) is 0 Å². The van der Waals surface area contributed by atoms with Gasteiger partial charge in [-0.2, -0.15) is 0 Å². The van der Waals surface area contributed by atoms with E-state index in [1.54, 1.807) is 0 Å². The van der Waals surface area contributed by atoms with E-state index in [2.05, 4.69) is 217 Å². The molecule has 252 valence electrons. The predicted molar refractivity (Wildman–Crippen MR) is 226 cm³/mol. The number of allylic oxidation sites excluding steroid dienone is 1. The van der Waals surface area contributed by atoms with Crippen LogP contribution in [0.5, 0.6) is 0 Å². The normalized spacial score (nSPS) is 11.9. The topological polar surface area (TPSA) is 3.24 Å². The Balaban J connectivity index is 1.03. The van der Waals surface area contributed by atoms with Gasteiger partial charge in [0, 0.05) is 17.1 Å². The number of nitrogens with zero attached hydrogens (tertiary/aromatic N) is 1. The first-order valence-electron chi connectivity index (χ1n) is 18.5. The van der Waals surface area contributed by atoms with Crippen LogP contribution in [0, 0.1) is 0 Å². The van der Waals surface area contributed by atoms with Gasteiger partial charge in [-0.05, 0) is 128 Å². The summed E-state index contributed by atoms with van der Waals surface area (Å²) in [7, 11) is 0. The van der Waals surface area contributed by atoms with Crippen LogP contribution >= 0.6 is 0 Å². The van der Waals surface area contributed by atoms with E-state index in [-0.39, 0.29) is 0 Å². The Kier molecular flexibility index (Phi) is 8.82. The minimum atomic E-state index is 1.11. The third-order valence-electron chi connectivity index (χ3n) is 10.4. The largest absolute Gasteiger partial charge is 0.311 e. The van der Waals surface area contributed by atoms with E-state index < -0.39 is 0 Å². The molecule has 0 radical (unpaired) electrons. The van der Waals surface area contributed by atoms with Crippen LogP contribution in [0.1, 0.15) is 17.5 Å². The van der Waals surface area contributed by atoms with Gasteiger partial charge in [-0.15, -0.1) is 0 Å². The Labute approximate surface area is 312 Å². The SMILES string of the molecule is C1=Cc2cc(-c3cccc(-c4ccc(N(c5ccc(-c6ccccc6)cc5)c5ccc(-c6ccc(-c7ccccc7)cc6)cc5)cc4)c3)ccc2CC1. The first-order chi connectivity index (χ1) is 26.2. The van der Waals surface area contributed by atoms with E-state index >= 15 is 0 Å². The summed E-state index contributed by atoms with van der Waals surface area (Å²) in [5, 5.41) is 0. The van der Waals surface area contributed by atoms with Crippen molar-refractivity contribution in [2.24, 2.45) is 0 Å². The summed E-state index contributed by atoms with van der Waals surface area (Å²) in [4.78, 5) is 2.35. The van der Waals surface area contributed by atoms with Gasteiger partial charge in [0.1, 0.15) is 0 Å². The van der Waals surface area contributed by atoms with E-state index in [1.165, 1.54) is 66.8 Å². The lowest BCUT2D eigenvalue weighted by atomic mass is 9.92. The average Bonchev–Trinajstić information content (AvgIpc) is 3.25. The number of rotatable bonds is 8. The molecular weight excluding hydrogens is 639 g/mol. The number of anilines is 3. The Bertz CT molecular complexity index is 2490. The van der Waals surface area contributed by atoms with Crippen molar-refractivity contribution in [3.8, 4) is 55.6 Å². The highest BCUT2D eigenvalue weighted by molar-refractivity contribution is 5.82. The van der Waals surface area contributed by atoms with Crippen LogP contribution in [0.15, 0.2) is 206 Å². The zero-order valence-corrected chi connectivity index (χ0v) is 29.6. The summed E-state index contributed by atoms with van der Waals surface area (Å²) >= 11 is 0. The van der Waals surface area contributed by atoms with Crippen LogP contribution in [-0.4, -0.2) is 0 Å². The zero-order chi connectivity index (χ0) is 35.4. The molecule has 8 aromatic rings. The van der Waals surface area contributed by atoms with Gasteiger partial charge in [0.25, 0.3) is 0 Å². The summed E-state index contributed by atoms with van der Waals surface area (Å²) in [6.07, 6.45) is 6.80. The smallest absolute Gasteiger partial charge is 0.0462 e. The summed E-state index contributed by atoms with van der Waals surface area (Å²) in [6.45, 7) is 0. The van der Waals surface area contributed by atoms with E-state index in [0.29, 0.717) is 0 Å². The molecule has 1 heteroatoms. The van der Waals surface area contributed by atoms with Crippen molar-refractivity contribution in [1.29, 1.82) is 0 Å². The fraction of sp³-hybridized carbons (Fsp3) is 0.0385. The minimum absolute atomic E-state index is 1.11. The third-order valence-corrected chi connectivity index (χ3v) is 10.4. The Hall–Kier alpha value is -6.70. The van der Waals surface area contributed by atoms with Crippen LogP contribution in [-0.2, 0) is 6.42 Å². The van der Waals surface area contributed by atoms with E-state index in [1.807, 2.05) is 0 Å². The number of hydrogen-bond acceptors (Lipinski definition) is 1. The molecule has 0 fully saturated rings. The van der Waals surface area contributed by atoms with Crippen molar-refractivity contribution in [2.75, 3.05) is 4.90 Å². The summed E-state index contributed by atoms with van der Waals surface area (Å²) in [5.74, 6) is 0. The quantitative estimate of drug-likeness (QED) is 0.155. The molecule has 1 aliphatic carbocycles. The molecular formula is C52H39N. The average molecular weight is 678 g/mol. The molecule has 0 aliphatic heterocycles. The Morgan fingerprint density at radius 3 is 1.15 bits per heavy atom. The molecule has 0 saturated carbocycles. The maximum Gasteiger partial charge on any atom is 0.0462 e. The fourth-order valence-corrected chi connectivity index (χ4v) is 7.46. The fourth-order valence-electron chi connectivity index (χ4n) is 7.46. The lowest BCUT2D eigenvalue weighted by Gasteiger charge is -2.26. The van der Waals surface area contributed by atoms with Gasteiger partial charge in [0.15, 0.2) is 0 Å². The van der Waals surface area contributed by atoms with E-state index in [0.717, 1.165) is 29.9 Å². The monoisotopic (exact) mass is 677 g/mol. The molecule has 0 unspecified atom stereocenters. The number of benzene rings is 8. The predicted octanol–water partition coefficient (Wildman–Crippen LogP) is 14.5. The Morgan fingerprint density at radius 2 is 0.660 bits per heavy atom. The van der Waals surface area contributed by atoms with Gasteiger partial charge < -0.3 is 4.90 Å². The van der Waals surface area contributed by atoms with Crippen molar-refractivity contribution >= 4 is 23.1 Å². The molecule has 9 rings (SSSR count). The highest BCUT2D eigenvalue weighted by atomic mass is 15.1. The minimum Gasteiger partial charge on any atom is -0.311 e. The summed E-state index contributed by atoms with van der Waals surface area (Å²) < 4.78 is 0. The van der Waals surface area contributed by atoms with E-state index in [4.69, 9.17) is 0 Å². The summed E-state index contributed by atoms with van der Waals surface area (Å²) in [6, 6.07) is 72.6. The summed E-state index contributed by atoms with van der Waals surface area (Å²) in [5.41, 5.74) is 18.3. The number of fused-ring (bicyclic) bond motifs is 1. The second-order valence-corrected chi connectivity index (χ2v) is 13.7. The third kappa shape index (κ3) is 6.86. The second kappa shape index (κ2) is 14.5. The highest BCUT2D eigenvalue weighted by Crippen LogP contribution is 2.38. The van der Waals surface area contributed by atoms with Crippen LogP contribution in [0.4, 0.5) is 17.1 Å². The standard InChI is InChI=1S/C52H39N/c1-3-10-38(11-4-1)41-18-20-42(21-19-41)44-26-32-51(33-27-44)53(50-30-24-43(25-31-50)39-12-5-2-6-13-39)52-34-28-45(29-35-52)47-16-9-17-48(36-47)49-23-22-40-14-7-8-15-46(40)37-49/h1-6,8-13,15-37H,7,14H2. The maximum atomic E-state index is 2.35. The molecule has 1 aliphatic rings. The Morgan fingerprint density at radius 1 is 0.302 bits per heavy atom. The molecule has 53 heavy (non-hydrogen) atoms. The molecule has 0 bridgehead atoms. The van der Waals surface area contributed by atoms with Gasteiger partial charge >= 0.3 is 0 Å². The molecule has 0 amide bonds. The molecule has 0 atom stereocenters. The zero-order valence-electron chi connectivity index (χ0n) is 29.6. The van der Waals surface area contributed by atoms with Crippen molar-refractivity contribution < 1.29 is 0 Å². The highest BCUT2D eigenvalue weighted by Gasteiger charge is 2.15. The van der Waals surface area contributed by atoms with Crippen molar-refractivity contribution in [3.63, 3.8) is 0 Å². The number of hydrogen-bond donors (Lipinski definition) is 0. The van der Waals surface area contributed by atoms with Gasteiger partial charge in [-0.1, -0.05) is 164 Å². The molecule has 0 saturated heterocycles. The lowest BCUT2D eigenvalue weighted by Crippen LogP contribution is -2.09. The van der Waals surface area contributed by atoms with Crippen molar-refractivity contribution in [2.45, 2.75) is 12.8 Å². The lowest BCUT2D eigenvalue weighted by molar-refractivity contribution is 0.986. The van der Waals surface area contributed by atoms with Gasteiger partial charge in [0.05, 0.1) is 0 Å². The van der Waals surface area contributed by atoms with Gasteiger partial charge in [0.2, 0.25) is 0 Å². The van der Waals surface area contributed by atoms with E-state index in [9.17, 15) is 0 Å². The molecule has 0 aromatic heterocycles. The van der Waals surface area contributed by atoms with Crippen LogP contribution in [0.3, 0.4) is 0 Å². The van der Waals surface area contributed by atoms with Crippen LogP contribution in [0.2, 0.25) is 0 Å². The maximum absolute atomic E-state index is 2.35. The molecule has 8 aromatic carbocycles.